The minimum atomic E-state index is 0.619. The lowest BCUT2D eigenvalue weighted by Crippen LogP contribution is -1.96. The molecular formula is C30H18N4. The molecule has 0 aliphatic heterocycles. The summed E-state index contributed by atoms with van der Waals surface area (Å²) >= 11 is 0. The third kappa shape index (κ3) is 2.86. The van der Waals surface area contributed by atoms with Crippen LogP contribution in [0.25, 0.3) is 66.0 Å². The fourth-order valence-electron chi connectivity index (χ4n) is 4.83. The smallest absolute Gasteiger partial charge is 0.178 e. The summed E-state index contributed by atoms with van der Waals surface area (Å²) in [6.07, 6.45) is 5.59. The van der Waals surface area contributed by atoms with Gasteiger partial charge in [0.1, 0.15) is 5.69 Å². The summed E-state index contributed by atoms with van der Waals surface area (Å²) < 4.78 is 0. The van der Waals surface area contributed by atoms with E-state index in [9.17, 15) is 0 Å². The van der Waals surface area contributed by atoms with Crippen molar-refractivity contribution in [1.29, 1.82) is 0 Å². The fraction of sp³-hybridized carbons (Fsp3) is 0. The molecule has 0 N–H and O–H groups in total. The second kappa shape index (κ2) is 7.42. The Hall–Kier alpha value is -4.70. The van der Waals surface area contributed by atoms with Gasteiger partial charge in [-0.05, 0) is 34.5 Å². The van der Waals surface area contributed by atoms with Crippen LogP contribution in [-0.2, 0) is 0 Å². The van der Waals surface area contributed by atoms with E-state index in [4.69, 9.17) is 15.0 Å². The van der Waals surface area contributed by atoms with Crippen LogP contribution in [0.1, 0.15) is 0 Å². The average molecular weight is 435 g/mol. The molecule has 0 atom stereocenters. The molecule has 0 radical (unpaired) electrons. The Labute approximate surface area is 195 Å². The largest absolute Gasteiger partial charge is 0.256 e. The molecule has 34 heavy (non-hydrogen) atoms. The number of hydrogen-bond donors (Lipinski definition) is 0. The first kappa shape index (κ1) is 18.8. The quantitative estimate of drug-likeness (QED) is 0.270. The predicted octanol–water partition coefficient (Wildman–Crippen LogP) is 7.21. The molecule has 4 heteroatoms. The van der Waals surface area contributed by atoms with Crippen molar-refractivity contribution in [2.24, 2.45) is 0 Å². The van der Waals surface area contributed by atoms with Gasteiger partial charge in [-0.2, -0.15) is 0 Å². The van der Waals surface area contributed by atoms with Crippen molar-refractivity contribution in [3.05, 3.63) is 110 Å². The van der Waals surface area contributed by atoms with Gasteiger partial charge in [0.05, 0.1) is 11.0 Å². The van der Waals surface area contributed by atoms with Gasteiger partial charge < -0.3 is 0 Å². The maximum Gasteiger partial charge on any atom is 0.178 e. The Morgan fingerprint density at radius 1 is 0.500 bits per heavy atom. The number of para-hydroxylation sites is 2. The van der Waals surface area contributed by atoms with Crippen LogP contribution in [0, 0.1) is 0 Å². The van der Waals surface area contributed by atoms with Crippen molar-refractivity contribution < 1.29 is 0 Å². The number of pyridine rings is 2. The van der Waals surface area contributed by atoms with E-state index >= 15 is 0 Å². The number of benzene rings is 4. The Morgan fingerprint density at radius 2 is 1.21 bits per heavy atom. The van der Waals surface area contributed by atoms with Crippen molar-refractivity contribution >= 4 is 43.4 Å². The number of nitrogens with zero attached hydrogens (tertiary/aromatic N) is 4. The summed E-state index contributed by atoms with van der Waals surface area (Å²) in [5.41, 5.74) is 4.72. The minimum absolute atomic E-state index is 0.619. The Balaban J connectivity index is 1.46. The van der Waals surface area contributed by atoms with Gasteiger partial charge in [-0.1, -0.05) is 72.8 Å². The molecule has 0 bridgehead atoms. The lowest BCUT2D eigenvalue weighted by Gasteiger charge is -2.12. The predicted molar refractivity (Wildman–Crippen MR) is 139 cm³/mol. The highest BCUT2D eigenvalue weighted by atomic mass is 14.9. The summed E-state index contributed by atoms with van der Waals surface area (Å²) in [6, 6.07) is 31.2. The van der Waals surface area contributed by atoms with Gasteiger partial charge in [-0.25, -0.2) is 15.0 Å². The van der Waals surface area contributed by atoms with Gasteiger partial charge in [0.15, 0.2) is 5.82 Å². The van der Waals surface area contributed by atoms with Gasteiger partial charge in [-0.3, -0.25) is 4.98 Å². The van der Waals surface area contributed by atoms with E-state index in [0.717, 1.165) is 44.0 Å². The van der Waals surface area contributed by atoms with E-state index in [1.165, 1.54) is 16.2 Å². The molecule has 0 aliphatic rings. The second-order valence-corrected chi connectivity index (χ2v) is 8.36. The van der Waals surface area contributed by atoms with E-state index in [1.807, 2.05) is 48.9 Å². The minimum Gasteiger partial charge on any atom is -0.256 e. The van der Waals surface area contributed by atoms with E-state index in [0.29, 0.717) is 5.82 Å². The Morgan fingerprint density at radius 3 is 2.06 bits per heavy atom. The summed E-state index contributed by atoms with van der Waals surface area (Å²) in [5.74, 6) is 0.619. The van der Waals surface area contributed by atoms with E-state index in [2.05, 4.69) is 65.6 Å². The van der Waals surface area contributed by atoms with Crippen LogP contribution in [0.3, 0.4) is 0 Å². The topological polar surface area (TPSA) is 51.6 Å². The van der Waals surface area contributed by atoms with Crippen LogP contribution in [-0.4, -0.2) is 19.9 Å². The van der Waals surface area contributed by atoms with Gasteiger partial charge in [-0.15, -0.1) is 0 Å². The first-order chi connectivity index (χ1) is 16.9. The highest BCUT2D eigenvalue weighted by Crippen LogP contribution is 2.36. The molecule has 0 amide bonds. The zero-order valence-corrected chi connectivity index (χ0v) is 18.2. The van der Waals surface area contributed by atoms with Gasteiger partial charge in [0, 0.05) is 45.7 Å². The Kier molecular flexibility index (Phi) is 4.11. The highest BCUT2D eigenvalue weighted by molar-refractivity contribution is 6.22. The fourth-order valence-corrected chi connectivity index (χ4v) is 4.83. The molecule has 3 heterocycles. The van der Waals surface area contributed by atoms with Crippen molar-refractivity contribution in [3.8, 4) is 22.6 Å². The van der Waals surface area contributed by atoms with Crippen LogP contribution in [0.15, 0.2) is 110 Å². The molecule has 3 aromatic heterocycles. The lowest BCUT2D eigenvalue weighted by molar-refractivity contribution is 1.16. The van der Waals surface area contributed by atoms with Crippen molar-refractivity contribution in [2.75, 3.05) is 0 Å². The molecule has 0 spiro atoms. The van der Waals surface area contributed by atoms with Gasteiger partial charge >= 0.3 is 0 Å². The molecule has 4 nitrogen and oxygen atoms in total. The van der Waals surface area contributed by atoms with Crippen molar-refractivity contribution in [2.45, 2.75) is 0 Å². The zero-order chi connectivity index (χ0) is 22.5. The first-order valence-electron chi connectivity index (χ1n) is 11.2. The van der Waals surface area contributed by atoms with Crippen LogP contribution in [0.2, 0.25) is 0 Å². The van der Waals surface area contributed by atoms with E-state index in [-0.39, 0.29) is 0 Å². The maximum absolute atomic E-state index is 5.00. The number of aromatic nitrogens is 4. The molecule has 7 aromatic rings. The normalized spacial score (nSPS) is 11.5. The lowest BCUT2D eigenvalue weighted by atomic mass is 9.97. The zero-order valence-electron chi connectivity index (χ0n) is 18.2. The van der Waals surface area contributed by atoms with Gasteiger partial charge in [0.2, 0.25) is 0 Å². The van der Waals surface area contributed by atoms with Gasteiger partial charge in [0.25, 0.3) is 0 Å². The van der Waals surface area contributed by atoms with Crippen LogP contribution in [0.4, 0.5) is 0 Å². The summed E-state index contributed by atoms with van der Waals surface area (Å²) in [7, 11) is 0. The van der Waals surface area contributed by atoms with Crippen molar-refractivity contribution in [1.82, 2.24) is 19.9 Å². The average Bonchev–Trinajstić information content (AvgIpc) is 2.92. The summed E-state index contributed by atoms with van der Waals surface area (Å²) in [6.45, 7) is 0. The van der Waals surface area contributed by atoms with E-state index < -0.39 is 0 Å². The standard InChI is InChI=1S/C30H18N4/c1-2-8-22-19(7-1)13-14-25-28(22)24-10-4-6-12-27(24)34-29(25)30-32-17-20(18-33-30)21-15-16-31-26-11-5-3-9-23(21)26/h1-18H. The molecule has 7 rings (SSSR count). The molecule has 158 valence electrons. The Bertz CT molecular complexity index is 1840. The summed E-state index contributed by atoms with van der Waals surface area (Å²) in [5, 5.41) is 6.88. The molecular weight excluding hydrogens is 416 g/mol. The number of rotatable bonds is 2. The SMILES string of the molecule is c1ccc2c(c1)ccc1c(-c3ncc(-c4ccnc5ccccc45)cn3)nc3ccccc3c12. The van der Waals surface area contributed by atoms with Crippen LogP contribution >= 0.6 is 0 Å². The highest BCUT2D eigenvalue weighted by Gasteiger charge is 2.15. The number of fused-ring (bicyclic) bond motifs is 6. The second-order valence-electron chi connectivity index (χ2n) is 8.36. The molecule has 0 unspecified atom stereocenters. The molecule has 0 saturated heterocycles. The van der Waals surface area contributed by atoms with Crippen LogP contribution in [0.5, 0.6) is 0 Å². The molecule has 4 aromatic carbocycles. The monoisotopic (exact) mass is 434 g/mol. The third-order valence-electron chi connectivity index (χ3n) is 6.41. The third-order valence-corrected chi connectivity index (χ3v) is 6.41. The number of hydrogen-bond acceptors (Lipinski definition) is 4. The molecule has 0 aliphatic carbocycles. The first-order valence-corrected chi connectivity index (χ1v) is 11.2. The summed E-state index contributed by atoms with van der Waals surface area (Å²) in [4.78, 5) is 19.0. The van der Waals surface area contributed by atoms with Crippen LogP contribution < -0.4 is 0 Å². The van der Waals surface area contributed by atoms with Crippen molar-refractivity contribution in [3.63, 3.8) is 0 Å². The van der Waals surface area contributed by atoms with E-state index in [1.54, 1.807) is 0 Å². The maximum atomic E-state index is 5.00. The molecule has 0 saturated carbocycles. The molecule has 0 fully saturated rings.